The number of rotatable bonds is 5. The topological polar surface area (TPSA) is 55.4 Å². The van der Waals surface area contributed by atoms with E-state index in [1.54, 1.807) is 0 Å². The van der Waals surface area contributed by atoms with Gasteiger partial charge in [0, 0.05) is 18.9 Å². The van der Waals surface area contributed by atoms with Crippen molar-refractivity contribution in [2.24, 2.45) is 11.8 Å². The number of hydrogen-bond acceptors (Lipinski definition) is 3. The van der Waals surface area contributed by atoms with E-state index >= 15 is 0 Å². The second-order valence-electron chi connectivity index (χ2n) is 7.26. The predicted molar refractivity (Wildman–Crippen MR) is 79.3 cm³/mol. The average Bonchev–Trinajstić information content (AvgIpc) is 2.75. The third-order valence-corrected chi connectivity index (χ3v) is 6.90. The molecule has 2 aliphatic carbocycles. The molecule has 128 valence electrons. The van der Waals surface area contributed by atoms with Gasteiger partial charge in [0.05, 0.1) is 18.0 Å². The van der Waals surface area contributed by atoms with Crippen LogP contribution in [-0.4, -0.2) is 38.8 Å². The summed E-state index contributed by atoms with van der Waals surface area (Å²) in [5.41, 5.74) is -0.398. The number of halogens is 2. The van der Waals surface area contributed by atoms with Crippen LogP contribution >= 0.6 is 0 Å². The summed E-state index contributed by atoms with van der Waals surface area (Å²) in [5.74, 6) is -3.86. The normalized spacial score (nSPS) is 38.1. The highest BCUT2D eigenvalue weighted by Gasteiger charge is 2.46. The summed E-state index contributed by atoms with van der Waals surface area (Å²) in [5, 5.41) is 0. The molecule has 2 bridgehead atoms. The highest BCUT2D eigenvalue weighted by atomic mass is 32.2. The van der Waals surface area contributed by atoms with Gasteiger partial charge in [0.1, 0.15) is 0 Å². The molecule has 0 amide bonds. The van der Waals surface area contributed by atoms with Gasteiger partial charge < -0.3 is 4.74 Å². The minimum Gasteiger partial charge on any atom is -0.373 e. The monoisotopic (exact) mass is 337 g/mol. The number of sulfonamides is 1. The molecule has 0 aromatic rings. The highest BCUT2D eigenvalue weighted by molar-refractivity contribution is 7.89. The third kappa shape index (κ3) is 3.62. The van der Waals surface area contributed by atoms with Crippen LogP contribution in [0.4, 0.5) is 8.78 Å². The molecular weight excluding hydrogens is 312 g/mol. The first-order chi connectivity index (χ1) is 10.3. The van der Waals surface area contributed by atoms with Crippen LogP contribution in [-0.2, 0) is 14.8 Å². The van der Waals surface area contributed by atoms with Gasteiger partial charge in [0.2, 0.25) is 10.0 Å². The molecule has 0 spiro atoms. The van der Waals surface area contributed by atoms with Crippen molar-refractivity contribution in [1.82, 2.24) is 4.72 Å². The molecule has 2 saturated carbocycles. The fourth-order valence-electron chi connectivity index (χ4n) is 4.16. The summed E-state index contributed by atoms with van der Waals surface area (Å²) < 4.78 is 60.4. The molecule has 3 aliphatic rings. The summed E-state index contributed by atoms with van der Waals surface area (Å²) in [4.78, 5) is 0. The van der Waals surface area contributed by atoms with Gasteiger partial charge >= 0.3 is 0 Å². The lowest BCUT2D eigenvalue weighted by molar-refractivity contribution is -0.0771. The molecule has 3 rings (SSSR count). The van der Waals surface area contributed by atoms with E-state index in [2.05, 4.69) is 4.72 Å². The Labute approximate surface area is 131 Å². The number of hydrogen-bond donors (Lipinski definition) is 1. The van der Waals surface area contributed by atoms with Crippen LogP contribution < -0.4 is 4.72 Å². The highest BCUT2D eigenvalue weighted by Crippen LogP contribution is 2.42. The minimum absolute atomic E-state index is 0.193. The van der Waals surface area contributed by atoms with E-state index in [1.807, 2.05) is 0 Å². The molecular formula is C15H25F2NO3S. The molecule has 1 aliphatic heterocycles. The number of nitrogens with one attached hydrogen (secondary N) is 1. The smallest absolute Gasteiger partial charge is 0.251 e. The summed E-state index contributed by atoms with van der Waals surface area (Å²) >= 11 is 0. The second kappa shape index (κ2) is 5.98. The maximum atomic E-state index is 13.8. The van der Waals surface area contributed by atoms with Gasteiger partial charge in [-0.25, -0.2) is 21.9 Å². The molecule has 0 aromatic carbocycles. The average molecular weight is 337 g/mol. The lowest BCUT2D eigenvalue weighted by Gasteiger charge is -2.33. The molecule has 1 saturated heterocycles. The van der Waals surface area contributed by atoms with Crippen LogP contribution in [0.15, 0.2) is 0 Å². The van der Waals surface area contributed by atoms with Crippen molar-refractivity contribution < 1.29 is 21.9 Å². The van der Waals surface area contributed by atoms with Crippen molar-refractivity contribution >= 4 is 10.0 Å². The van der Waals surface area contributed by atoms with Crippen molar-refractivity contribution in [3.8, 4) is 0 Å². The Morgan fingerprint density at radius 1 is 1.14 bits per heavy atom. The molecule has 0 aromatic heterocycles. The summed E-state index contributed by atoms with van der Waals surface area (Å²) in [6.45, 7) is 0.923. The van der Waals surface area contributed by atoms with Gasteiger partial charge in [-0.1, -0.05) is 12.8 Å². The molecule has 3 fully saturated rings. The van der Waals surface area contributed by atoms with E-state index in [0.29, 0.717) is 25.4 Å². The van der Waals surface area contributed by atoms with Gasteiger partial charge in [0.25, 0.3) is 5.92 Å². The van der Waals surface area contributed by atoms with E-state index in [9.17, 15) is 17.2 Å². The van der Waals surface area contributed by atoms with Crippen LogP contribution in [0.3, 0.4) is 0 Å². The first kappa shape index (κ1) is 16.6. The minimum atomic E-state index is -3.69. The Hall–Kier alpha value is -0.270. The van der Waals surface area contributed by atoms with Gasteiger partial charge in [-0.15, -0.1) is 0 Å². The molecule has 3 unspecified atom stereocenters. The summed E-state index contributed by atoms with van der Waals surface area (Å²) in [7, 11) is -3.69. The van der Waals surface area contributed by atoms with Gasteiger partial charge in [-0.05, 0) is 38.0 Å². The van der Waals surface area contributed by atoms with E-state index in [0.717, 1.165) is 25.7 Å². The number of ether oxygens (including phenoxy) is 1. The molecule has 0 radical (unpaired) electrons. The quantitative estimate of drug-likeness (QED) is 0.839. The van der Waals surface area contributed by atoms with Crippen molar-refractivity contribution in [2.45, 2.75) is 62.9 Å². The standard InChI is InChI=1S/C15H25F2NO3S/c16-15(17)7-2-1-5-13(15)10-22(19,20)18-11-14-6-3-4-12(8-14)9-21-14/h12-13,18H,1-11H2. The first-order valence-electron chi connectivity index (χ1n) is 8.29. The Balaban J connectivity index is 1.57. The van der Waals surface area contributed by atoms with Crippen LogP contribution in [0.1, 0.15) is 51.4 Å². The lowest BCUT2D eigenvalue weighted by atomic mass is 9.81. The fraction of sp³-hybridized carbons (Fsp3) is 1.00. The van der Waals surface area contributed by atoms with Gasteiger partial charge in [-0.3, -0.25) is 0 Å². The molecule has 22 heavy (non-hydrogen) atoms. The van der Waals surface area contributed by atoms with Crippen molar-refractivity contribution in [3.63, 3.8) is 0 Å². The Morgan fingerprint density at radius 3 is 2.73 bits per heavy atom. The van der Waals surface area contributed by atoms with Crippen LogP contribution in [0, 0.1) is 11.8 Å². The van der Waals surface area contributed by atoms with Crippen molar-refractivity contribution in [1.29, 1.82) is 0 Å². The molecule has 1 heterocycles. The maximum absolute atomic E-state index is 13.8. The zero-order chi connectivity index (χ0) is 15.8. The number of alkyl halides is 2. The van der Waals surface area contributed by atoms with Crippen LogP contribution in [0.5, 0.6) is 0 Å². The van der Waals surface area contributed by atoms with Gasteiger partial charge in [0.15, 0.2) is 0 Å². The Kier molecular flexibility index (Phi) is 4.51. The fourth-order valence-corrected chi connectivity index (χ4v) is 5.70. The van der Waals surface area contributed by atoms with Crippen LogP contribution in [0.2, 0.25) is 0 Å². The zero-order valence-electron chi connectivity index (χ0n) is 12.8. The number of fused-ring (bicyclic) bond motifs is 2. The van der Waals surface area contributed by atoms with Crippen molar-refractivity contribution in [3.05, 3.63) is 0 Å². The third-order valence-electron chi connectivity index (χ3n) is 5.48. The summed E-state index contributed by atoms with van der Waals surface area (Å²) in [6, 6.07) is 0. The van der Waals surface area contributed by atoms with Crippen molar-refractivity contribution in [2.75, 3.05) is 18.9 Å². The van der Waals surface area contributed by atoms with Gasteiger partial charge in [-0.2, -0.15) is 0 Å². The first-order valence-corrected chi connectivity index (χ1v) is 9.95. The van der Waals surface area contributed by atoms with Crippen LogP contribution in [0.25, 0.3) is 0 Å². The van der Waals surface area contributed by atoms with E-state index < -0.39 is 33.2 Å². The second-order valence-corrected chi connectivity index (χ2v) is 9.11. The predicted octanol–water partition coefficient (Wildman–Crippen LogP) is 2.69. The maximum Gasteiger partial charge on any atom is 0.251 e. The summed E-state index contributed by atoms with van der Waals surface area (Å²) in [6.07, 6.45) is 5.19. The largest absolute Gasteiger partial charge is 0.373 e. The lowest BCUT2D eigenvalue weighted by Crippen LogP contribution is -2.46. The molecule has 4 nitrogen and oxygen atoms in total. The Morgan fingerprint density at radius 2 is 1.95 bits per heavy atom. The molecule has 3 atom stereocenters. The Bertz CT molecular complexity index is 507. The van der Waals surface area contributed by atoms with E-state index in [4.69, 9.17) is 4.74 Å². The van der Waals surface area contributed by atoms with E-state index in [1.165, 1.54) is 0 Å². The molecule has 7 heteroatoms. The SMILES string of the molecule is O=S(=O)(CC1CCCCC1(F)F)NCC12CCCC(CO1)C2. The molecule has 1 N–H and O–H groups in total. The van der Waals surface area contributed by atoms with E-state index in [-0.39, 0.29) is 19.4 Å². The zero-order valence-corrected chi connectivity index (χ0v) is 13.6.